The maximum Gasteiger partial charge on any atom is 0.290 e. The van der Waals surface area contributed by atoms with Crippen molar-refractivity contribution in [2.75, 3.05) is 13.1 Å². The van der Waals surface area contributed by atoms with Gasteiger partial charge in [-0.1, -0.05) is 4.85 Å². The molecule has 1 aliphatic heterocycles. The predicted octanol–water partition coefficient (Wildman–Crippen LogP) is 0.0620. The number of aliphatic hydroxyl groups excluding tert-OH is 1. The maximum absolute atomic E-state index is 9.31. The van der Waals surface area contributed by atoms with Crippen LogP contribution in [0.4, 0.5) is 0 Å². The van der Waals surface area contributed by atoms with Gasteiger partial charge in [0.15, 0.2) is 0 Å². The van der Waals surface area contributed by atoms with Gasteiger partial charge < -0.3 is 10.4 Å². The van der Waals surface area contributed by atoms with Crippen molar-refractivity contribution < 1.29 is 5.11 Å². The highest BCUT2D eigenvalue weighted by Crippen LogP contribution is 2.08. The van der Waals surface area contributed by atoms with Crippen LogP contribution >= 0.6 is 0 Å². The Morgan fingerprint density at radius 3 is 3.10 bits per heavy atom. The third-order valence-corrected chi connectivity index (χ3v) is 1.86. The lowest BCUT2D eigenvalue weighted by atomic mass is 10.1. The summed E-state index contributed by atoms with van der Waals surface area (Å²) in [4.78, 5) is 3.39. The molecule has 56 valence electrons. The van der Waals surface area contributed by atoms with Crippen LogP contribution in [0.3, 0.4) is 0 Å². The summed E-state index contributed by atoms with van der Waals surface area (Å²) in [5, 5.41) is 12.5. The van der Waals surface area contributed by atoms with Crippen LogP contribution in [0.25, 0.3) is 4.85 Å². The van der Waals surface area contributed by atoms with Gasteiger partial charge in [-0.05, 0) is 19.4 Å². The summed E-state index contributed by atoms with van der Waals surface area (Å²) < 4.78 is 0. The van der Waals surface area contributed by atoms with Crippen molar-refractivity contribution in [3.05, 3.63) is 4.85 Å². The predicted molar refractivity (Wildman–Crippen MR) is 40.2 cm³/mol. The van der Waals surface area contributed by atoms with E-state index in [9.17, 15) is 5.11 Å². The molecule has 0 amide bonds. The smallest absolute Gasteiger partial charge is 0.290 e. The first kappa shape index (κ1) is 7.52. The zero-order chi connectivity index (χ0) is 7.40. The molecule has 1 rings (SSSR count). The van der Waals surface area contributed by atoms with Gasteiger partial charge in [0.2, 0.25) is 0 Å². The first-order valence-electron chi connectivity index (χ1n) is 3.62. The third kappa shape index (κ3) is 1.69. The summed E-state index contributed by atoms with van der Waals surface area (Å²) in [6.45, 7) is 6.29. The minimum absolute atomic E-state index is 0.215. The molecule has 0 aromatic rings. The molecule has 0 bridgehead atoms. The molecule has 0 aromatic heterocycles. The van der Waals surface area contributed by atoms with Crippen molar-refractivity contribution >= 4 is 0 Å². The molecule has 0 saturated carbocycles. The van der Waals surface area contributed by atoms with E-state index in [-0.39, 0.29) is 6.04 Å². The van der Waals surface area contributed by atoms with Gasteiger partial charge in [0, 0.05) is 6.04 Å². The molecule has 3 nitrogen and oxygen atoms in total. The van der Waals surface area contributed by atoms with E-state index in [0.717, 1.165) is 19.4 Å². The standard InChI is InChI=1S/C7H13N2O/c1-8-5-7(10)6-3-2-4-9-6/h1,6-7,9-10H,2-5H2/q+1. The molecule has 0 spiro atoms. The SMILES string of the molecule is C#[N+]CC(O)C1CCCN1. The molecule has 1 saturated heterocycles. The normalized spacial score (nSPS) is 27.8. The van der Waals surface area contributed by atoms with E-state index < -0.39 is 6.10 Å². The minimum Gasteiger partial charge on any atom is -0.384 e. The Kier molecular flexibility index (Phi) is 2.67. The van der Waals surface area contributed by atoms with Crippen LogP contribution in [0.1, 0.15) is 12.8 Å². The molecule has 0 aliphatic carbocycles. The van der Waals surface area contributed by atoms with Crippen LogP contribution in [0, 0.1) is 6.57 Å². The van der Waals surface area contributed by atoms with Crippen molar-refractivity contribution in [1.29, 1.82) is 0 Å². The minimum atomic E-state index is -0.396. The molecule has 2 atom stereocenters. The van der Waals surface area contributed by atoms with Crippen molar-refractivity contribution in [2.45, 2.75) is 25.0 Å². The van der Waals surface area contributed by atoms with Gasteiger partial charge >= 0.3 is 0 Å². The summed E-state index contributed by atoms with van der Waals surface area (Å²) >= 11 is 0. The molecule has 10 heavy (non-hydrogen) atoms. The van der Waals surface area contributed by atoms with Gasteiger partial charge in [-0.3, -0.25) is 0 Å². The van der Waals surface area contributed by atoms with E-state index in [1.165, 1.54) is 0 Å². The Bertz CT molecular complexity index is 135. The number of hydrogen-bond donors (Lipinski definition) is 2. The monoisotopic (exact) mass is 141 g/mol. The lowest BCUT2D eigenvalue weighted by Crippen LogP contribution is -2.36. The summed E-state index contributed by atoms with van der Waals surface area (Å²) in [6.07, 6.45) is 1.79. The highest BCUT2D eigenvalue weighted by Gasteiger charge is 2.25. The van der Waals surface area contributed by atoms with Crippen molar-refractivity contribution in [1.82, 2.24) is 5.32 Å². The van der Waals surface area contributed by atoms with Crippen LogP contribution in [0.15, 0.2) is 0 Å². The average molecular weight is 141 g/mol. The number of nitrogens with zero attached hydrogens (tertiary/aromatic N) is 1. The molecule has 0 radical (unpaired) electrons. The van der Waals surface area contributed by atoms with Gasteiger partial charge in [-0.25, -0.2) is 0 Å². The Morgan fingerprint density at radius 1 is 1.80 bits per heavy atom. The van der Waals surface area contributed by atoms with Gasteiger partial charge in [0.05, 0.1) is 0 Å². The molecule has 1 aliphatic rings. The van der Waals surface area contributed by atoms with Crippen LogP contribution in [-0.4, -0.2) is 30.3 Å². The second-order valence-corrected chi connectivity index (χ2v) is 2.64. The highest BCUT2D eigenvalue weighted by molar-refractivity contribution is 4.86. The van der Waals surface area contributed by atoms with Gasteiger partial charge in [-0.2, -0.15) is 0 Å². The zero-order valence-corrected chi connectivity index (χ0v) is 5.95. The third-order valence-electron chi connectivity index (χ3n) is 1.86. The number of hydrogen-bond acceptors (Lipinski definition) is 2. The van der Waals surface area contributed by atoms with Gasteiger partial charge in [-0.15, -0.1) is 0 Å². The fourth-order valence-electron chi connectivity index (χ4n) is 1.28. The Balaban J connectivity index is 2.26. The van der Waals surface area contributed by atoms with Crippen LogP contribution in [0.2, 0.25) is 0 Å². The van der Waals surface area contributed by atoms with Crippen LogP contribution in [-0.2, 0) is 0 Å². The van der Waals surface area contributed by atoms with Gasteiger partial charge in [0.1, 0.15) is 6.10 Å². The summed E-state index contributed by atoms with van der Waals surface area (Å²) in [6, 6.07) is 0.215. The molecular weight excluding hydrogens is 128 g/mol. The lowest BCUT2D eigenvalue weighted by molar-refractivity contribution is 0.151. The summed E-state index contributed by atoms with van der Waals surface area (Å²) in [5.74, 6) is 0. The fourth-order valence-corrected chi connectivity index (χ4v) is 1.28. The molecule has 0 aromatic carbocycles. The Labute approximate surface area is 60.9 Å². The van der Waals surface area contributed by atoms with E-state index >= 15 is 0 Å². The van der Waals surface area contributed by atoms with Crippen LogP contribution < -0.4 is 5.32 Å². The summed E-state index contributed by atoms with van der Waals surface area (Å²) in [7, 11) is 0. The Hall–Kier alpha value is -0.590. The largest absolute Gasteiger partial charge is 0.384 e. The zero-order valence-electron chi connectivity index (χ0n) is 5.95. The molecule has 1 heterocycles. The van der Waals surface area contributed by atoms with E-state index in [1.54, 1.807) is 0 Å². The first-order chi connectivity index (χ1) is 4.84. The topological polar surface area (TPSA) is 36.6 Å². The number of rotatable bonds is 2. The fraction of sp³-hybridized carbons (Fsp3) is 0.857. The molecule has 2 unspecified atom stereocenters. The van der Waals surface area contributed by atoms with E-state index in [4.69, 9.17) is 6.57 Å². The van der Waals surface area contributed by atoms with Gasteiger partial charge in [0.25, 0.3) is 13.1 Å². The van der Waals surface area contributed by atoms with E-state index in [2.05, 4.69) is 10.2 Å². The second kappa shape index (κ2) is 3.55. The van der Waals surface area contributed by atoms with E-state index in [0.29, 0.717) is 6.54 Å². The number of aliphatic hydroxyl groups is 1. The lowest BCUT2D eigenvalue weighted by Gasteiger charge is -2.10. The maximum atomic E-state index is 9.31. The van der Waals surface area contributed by atoms with Crippen molar-refractivity contribution in [3.63, 3.8) is 0 Å². The highest BCUT2D eigenvalue weighted by atomic mass is 16.3. The first-order valence-corrected chi connectivity index (χ1v) is 3.62. The van der Waals surface area contributed by atoms with E-state index in [1.807, 2.05) is 0 Å². The quantitative estimate of drug-likeness (QED) is 0.570. The molecule has 2 N–H and O–H groups in total. The van der Waals surface area contributed by atoms with Crippen molar-refractivity contribution in [2.24, 2.45) is 0 Å². The van der Waals surface area contributed by atoms with Crippen molar-refractivity contribution in [3.8, 4) is 6.57 Å². The Morgan fingerprint density at radius 2 is 2.60 bits per heavy atom. The molecule has 3 heteroatoms. The second-order valence-electron chi connectivity index (χ2n) is 2.64. The molecule has 1 fully saturated rings. The average Bonchev–Trinajstić information content (AvgIpc) is 2.38. The van der Waals surface area contributed by atoms with Crippen LogP contribution in [0.5, 0.6) is 0 Å². The number of nitrogens with one attached hydrogen (secondary N) is 1. The summed E-state index contributed by atoms with van der Waals surface area (Å²) in [5.41, 5.74) is 0. The molecular formula is C7H13N2O+.